The molecule has 0 saturated heterocycles. The van der Waals surface area contributed by atoms with Gasteiger partial charge in [-0.25, -0.2) is 0 Å². The molecule has 0 spiro atoms. The Bertz CT molecular complexity index is 445. The lowest BCUT2D eigenvalue weighted by Crippen LogP contribution is -2.43. The van der Waals surface area contributed by atoms with Gasteiger partial charge in [-0.2, -0.15) is 0 Å². The van der Waals surface area contributed by atoms with Crippen LogP contribution < -0.4 is 11.1 Å². The molecule has 4 heteroatoms. The number of rotatable bonds is 4. The number of nitrogens with two attached hydrogens (primary N) is 1. The second-order valence-corrected chi connectivity index (χ2v) is 4.76. The van der Waals surface area contributed by atoms with Crippen molar-refractivity contribution in [3.8, 4) is 0 Å². The van der Waals surface area contributed by atoms with E-state index in [1.54, 1.807) is 6.92 Å². The maximum absolute atomic E-state index is 12.2. The molecule has 17 heavy (non-hydrogen) atoms. The van der Waals surface area contributed by atoms with E-state index in [0.717, 1.165) is 11.3 Å². The van der Waals surface area contributed by atoms with Gasteiger partial charge in [-0.3, -0.25) is 4.79 Å². The number of para-hydroxylation sites is 1. The molecular weight excluding hydrogens is 232 g/mol. The molecule has 1 aromatic rings. The van der Waals surface area contributed by atoms with Crippen molar-refractivity contribution >= 4 is 28.8 Å². The Morgan fingerprint density at radius 1 is 1.47 bits per heavy atom. The third kappa shape index (κ3) is 2.82. The van der Waals surface area contributed by atoms with Crippen molar-refractivity contribution in [1.29, 1.82) is 0 Å². The van der Waals surface area contributed by atoms with Crippen molar-refractivity contribution in [2.75, 3.05) is 5.32 Å². The zero-order chi connectivity index (χ0) is 13.1. The van der Waals surface area contributed by atoms with Gasteiger partial charge in [0.25, 0.3) is 0 Å². The van der Waals surface area contributed by atoms with E-state index in [1.807, 2.05) is 38.1 Å². The van der Waals surface area contributed by atoms with Gasteiger partial charge in [0.05, 0.1) is 10.4 Å². The quantitative estimate of drug-likeness (QED) is 0.808. The first-order valence-corrected chi connectivity index (χ1v) is 5.99. The van der Waals surface area contributed by atoms with E-state index in [-0.39, 0.29) is 10.9 Å². The third-order valence-electron chi connectivity index (χ3n) is 3.15. The minimum atomic E-state index is -0.794. The summed E-state index contributed by atoms with van der Waals surface area (Å²) in [6.07, 6.45) is 0.583. The predicted molar refractivity (Wildman–Crippen MR) is 75.0 cm³/mol. The van der Waals surface area contributed by atoms with Crippen LogP contribution in [-0.4, -0.2) is 10.9 Å². The highest BCUT2D eigenvalue weighted by molar-refractivity contribution is 7.80. The molecule has 0 saturated carbocycles. The van der Waals surface area contributed by atoms with Crippen LogP contribution in [0.1, 0.15) is 25.8 Å². The summed E-state index contributed by atoms with van der Waals surface area (Å²) in [7, 11) is 0. The molecule has 1 aromatic carbocycles. The second-order valence-electron chi connectivity index (χ2n) is 4.32. The summed E-state index contributed by atoms with van der Waals surface area (Å²) in [6, 6.07) is 7.62. The fourth-order valence-corrected chi connectivity index (χ4v) is 1.66. The third-order valence-corrected chi connectivity index (χ3v) is 3.60. The molecule has 0 fully saturated rings. The number of carbonyl (C=O) groups is 1. The Morgan fingerprint density at radius 3 is 2.53 bits per heavy atom. The lowest BCUT2D eigenvalue weighted by molar-refractivity contribution is -0.121. The van der Waals surface area contributed by atoms with Crippen molar-refractivity contribution in [3.63, 3.8) is 0 Å². The zero-order valence-corrected chi connectivity index (χ0v) is 11.2. The SMILES string of the molecule is CCC(C)(C(=O)Nc1ccccc1C)C(N)=S. The summed E-state index contributed by atoms with van der Waals surface area (Å²) in [5, 5.41) is 2.88. The van der Waals surface area contributed by atoms with Gasteiger partial charge in [0, 0.05) is 5.69 Å². The standard InChI is InChI=1S/C13H18N2OS/c1-4-13(3,11(14)17)12(16)15-10-8-6-5-7-9(10)2/h5-8H,4H2,1-3H3,(H2,14,17)(H,15,16). The number of aryl methyl sites for hydroxylation is 1. The van der Waals surface area contributed by atoms with Crippen molar-refractivity contribution in [2.24, 2.45) is 11.1 Å². The van der Waals surface area contributed by atoms with Gasteiger partial charge >= 0.3 is 0 Å². The molecule has 3 N–H and O–H groups in total. The number of hydrogen-bond donors (Lipinski definition) is 2. The first-order valence-electron chi connectivity index (χ1n) is 5.58. The molecule has 1 rings (SSSR count). The van der Waals surface area contributed by atoms with Gasteiger partial charge in [-0.05, 0) is 31.9 Å². The molecule has 0 aliphatic heterocycles. The van der Waals surface area contributed by atoms with Gasteiger partial charge in [0.15, 0.2) is 0 Å². The molecule has 0 bridgehead atoms. The molecule has 1 atom stereocenters. The maximum Gasteiger partial charge on any atom is 0.237 e. The molecule has 0 aromatic heterocycles. The Morgan fingerprint density at radius 2 is 2.06 bits per heavy atom. The number of hydrogen-bond acceptors (Lipinski definition) is 2. The monoisotopic (exact) mass is 250 g/mol. The van der Waals surface area contributed by atoms with Crippen LogP contribution in [0, 0.1) is 12.3 Å². The topological polar surface area (TPSA) is 55.1 Å². The van der Waals surface area contributed by atoms with E-state index >= 15 is 0 Å². The Kier molecular flexibility index (Phi) is 4.23. The van der Waals surface area contributed by atoms with E-state index in [0.29, 0.717) is 6.42 Å². The molecule has 1 amide bonds. The van der Waals surface area contributed by atoms with E-state index in [1.165, 1.54) is 0 Å². The molecule has 0 aliphatic rings. The van der Waals surface area contributed by atoms with Crippen LogP contribution >= 0.6 is 12.2 Å². The Labute approximate surface area is 107 Å². The lowest BCUT2D eigenvalue weighted by atomic mass is 9.86. The molecule has 0 heterocycles. The van der Waals surface area contributed by atoms with E-state index < -0.39 is 5.41 Å². The van der Waals surface area contributed by atoms with Crippen molar-refractivity contribution in [3.05, 3.63) is 29.8 Å². The fraction of sp³-hybridized carbons (Fsp3) is 0.385. The second kappa shape index (κ2) is 5.27. The normalized spacial score (nSPS) is 13.8. The molecule has 3 nitrogen and oxygen atoms in total. The highest BCUT2D eigenvalue weighted by atomic mass is 32.1. The summed E-state index contributed by atoms with van der Waals surface area (Å²) >= 11 is 4.97. The van der Waals surface area contributed by atoms with Crippen molar-refractivity contribution in [1.82, 2.24) is 0 Å². The molecular formula is C13H18N2OS. The minimum Gasteiger partial charge on any atom is -0.392 e. The first kappa shape index (κ1) is 13.6. The average molecular weight is 250 g/mol. The highest BCUT2D eigenvalue weighted by Crippen LogP contribution is 2.25. The summed E-state index contributed by atoms with van der Waals surface area (Å²) in [4.78, 5) is 12.4. The number of carbonyl (C=O) groups excluding carboxylic acids is 1. The van der Waals surface area contributed by atoms with E-state index in [4.69, 9.17) is 18.0 Å². The smallest absolute Gasteiger partial charge is 0.237 e. The van der Waals surface area contributed by atoms with Gasteiger partial charge < -0.3 is 11.1 Å². The van der Waals surface area contributed by atoms with Crippen LogP contribution in [-0.2, 0) is 4.79 Å². The zero-order valence-electron chi connectivity index (χ0n) is 10.4. The van der Waals surface area contributed by atoms with Crippen LogP contribution in [0.3, 0.4) is 0 Å². The number of benzene rings is 1. The van der Waals surface area contributed by atoms with Crippen LogP contribution in [0.2, 0.25) is 0 Å². The van der Waals surface area contributed by atoms with Gasteiger partial charge in [-0.15, -0.1) is 0 Å². The minimum absolute atomic E-state index is 0.151. The molecule has 1 unspecified atom stereocenters. The summed E-state index contributed by atoms with van der Waals surface area (Å²) in [5.74, 6) is -0.151. The Balaban J connectivity index is 2.93. The average Bonchev–Trinajstić information content (AvgIpc) is 2.30. The van der Waals surface area contributed by atoms with Crippen molar-refractivity contribution in [2.45, 2.75) is 27.2 Å². The van der Waals surface area contributed by atoms with Crippen LogP contribution in [0.25, 0.3) is 0 Å². The van der Waals surface area contributed by atoms with Gasteiger partial charge in [-0.1, -0.05) is 37.3 Å². The number of anilines is 1. The van der Waals surface area contributed by atoms with Gasteiger partial charge in [0.2, 0.25) is 5.91 Å². The van der Waals surface area contributed by atoms with E-state index in [9.17, 15) is 4.79 Å². The first-order chi connectivity index (χ1) is 7.91. The fourth-order valence-electron chi connectivity index (χ4n) is 1.42. The van der Waals surface area contributed by atoms with Gasteiger partial charge in [0.1, 0.15) is 0 Å². The predicted octanol–water partition coefficient (Wildman–Crippen LogP) is 2.64. The number of nitrogens with one attached hydrogen (secondary N) is 1. The van der Waals surface area contributed by atoms with E-state index in [2.05, 4.69) is 5.32 Å². The molecule has 0 aliphatic carbocycles. The Hall–Kier alpha value is -1.42. The molecule has 0 radical (unpaired) electrons. The summed E-state index contributed by atoms with van der Waals surface area (Å²) < 4.78 is 0. The lowest BCUT2D eigenvalue weighted by Gasteiger charge is -2.25. The summed E-state index contributed by atoms with van der Waals surface area (Å²) in [5.41, 5.74) is 6.67. The summed E-state index contributed by atoms with van der Waals surface area (Å²) in [6.45, 7) is 5.61. The maximum atomic E-state index is 12.2. The van der Waals surface area contributed by atoms with Crippen molar-refractivity contribution < 1.29 is 4.79 Å². The van der Waals surface area contributed by atoms with Crippen LogP contribution in [0.15, 0.2) is 24.3 Å². The highest BCUT2D eigenvalue weighted by Gasteiger charge is 2.34. The number of thiocarbonyl (C=S) groups is 1. The molecule has 92 valence electrons. The largest absolute Gasteiger partial charge is 0.392 e. The van der Waals surface area contributed by atoms with Crippen LogP contribution in [0.4, 0.5) is 5.69 Å². The van der Waals surface area contributed by atoms with Crippen LogP contribution in [0.5, 0.6) is 0 Å². The number of amides is 1.